The Hall–Kier alpha value is -2.37. The molecule has 2 aliphatic heterocycles. The number of ketones is 1. The van der Waals surface area contributed by atoms with Gasteiger partial charge in [0.15, 0.2) is 0 Å². The maximum absolute atomic E-state index is 11.1. The molecule has 0 spiro atoms. The minimum atomic E-state index is -0.318. The number of morpholine rings is 1. The van der Waals surface area contributed by atoms with Crippen molar-refractivity contribution >= 4 is 17.6 Å². The number of amides is 2. The van der Waals surface area contributed by atoms with Crippen molar-refractivity contribution in [3.05, 3.63) is 35.3 Å². The lowest BCUT2D eigenvalue weighted by Gasteiger charge is -2.35. The summed E-state index contributed by atoms with van der Waals surface area (Å²) < 4.78 is 5.88. The van der Waals surface area contributed by atoms with Crippen LogP contribution in [0.3, 0.4) is 0 Å². The number of nitrogens with one attached hydrogen (secondary N) is 1. The monoisotopic (exact) mass is 360 g/mol. The van der Waals surface area contributed by atoms with Crippen LogP contribution < -0.4 is 5.32 Å². The summed E-state index contributed by atoms with van der Waals surface area (Å²) in [5.74, 6) is 1.27. The molecule has 1 saturated heterocycles. The zero-order valence-electron chi connectivity index (χ0n) is 15.8. The molecule has 6 heteroatoms. The number of hydrogen-bond donors (Lipinski definition) is 1. The summed E-state index contributed by atoms with van der Waals surface area (Å²) in [5.41, 5.74) is 2.65. The Morgan fingerprint density at radius 3 is 2.77 bits per heavy atom. The summed E-state index contributed by atoms with van der Waals surface area (Å²) in [6, 6.07) is 0. The van der Waals surface area contributed by atoms with Crippen LogP contribution >= 0.6 is 0 Å². The Labute approximate surface area is 155 Å². The van der Waals surface area contributed by atoms with Gasteiger partial charge in [-0.2, -0.15) is 0 Å². The molecule has 1 aliphatic carbocycles. The minimum Gasteiger partial charge on any atom is -0.490 e. The average molecular weight is 360 g/mol. The van der Waals surface area contributed by atoms with Crippen molar-refractivity contribution in [1.29, 1.82) is 0 Å². The predicted octanol–water partition coefficient (Wildman–Crippen LogP) is 2.47. The molecular weight excluding hydrogens is 332 g/mol. The summed E-state index contributed by atoms with van der Waals surface area (Å²) in [4.78, 5) is 33.9. The average Bonchev–Trinajstić information content (AvgIpc) is 2.60. The highest BCUT2D eigenvalue weighted by Gasteiger charge is 2.26. The molecular formula is C20H28N2O4. The van der Waals surface area contributed by atoms with Crippen LogP contribution in [0.1, 0.15) is 46.0 Å². The van der Waals surface area contributed by atoms with Crippen molar-refractivity contribution in [1.82, 2.24) is 10.2 Å². The molecule has 2 heterocycles. The van der Waals surface area contributed by atoms with Crippen molar-refractivity contribution in [2.24, 2.45) is 5.92 Å². The van der Waals surface area contributed by atoms with E-state index in [2.05, 4.69) is 30.3 Å². The lowest BCUT2D eigenvalue weighted by Crippen LogP contribution is -2.32. The van der Waals surface area contributed by atoms with Gasteiger partial charge in [-0.1, -0.05) is 19.1 Å². The lowest BCUT2D eigenvalue weighted by atomic mass is 9.87. The number of likely N-dealkylation sites (N-methyl/N-ethyl adjacent to an activating group) is 1. The highest BCUT2D eigenvalue weighted by atomic mass is 16.5. The summed E-state index contributed by atoms with van der Waals surface area (Å²) in [7, 11) is 2.12. The standard InChI is InChI=1S/C15H23NO2.C5H5NO2/c1-11(7-8-12(2)17)13-5-4-6-14-15(13)18-10-9-16(14)3;7-4-2-1-3-5(8)6-4/h6,11H,4-5,7-10H2,1-3H3;1-2H,3H2,(H,6,7,8). The summed E-state index contributed by atoms with van der Waals surface area (Å²) in [6.07, 6.45) is 9.27. The molecule has 0 bridgehead atoms. The van der Waals surface area contributed by atoms with Crippen LogP contribution in [0.4, 0.5) is 0 Å². The second-order valence-electron chi connectivity index (χ2n) is 6.91. The molecule has 1 atom stereocenters. The Balaban J connectivity index is 0.000000254. The summed E-state index contributed by atoms with van der Waals surface area (Å²) >= 11 is 0. The molecule has 1 fully saturated rings. The molecule has 0 saturated carbocycles. The van der Waals surface area contributed by atoms with Crippen molar-refractivity contribution in [3.63, 3.8) is 0 Å². The van der Waals surface area contributed by atoms with Crippen LogP contribution in [-0.2, 0) is 19.1 Å². The van der Waals surface area contributed by atoms with Gasteiger partial charge in [-0.15, -0.1) is 0 Å². The molecule has 142 valence electrons. The molecule has 2 amide bonds. The van der Waals surface area contributed by atoms with Crippen LogP contribution in [0, 0.1) is 5.92 Å². The molecule has 1 N–H and O–H groups in total. The van der Waals surface area contributed by atoms with E-state index in [-0.39, 0.29) is 17.6 Å². The lowest BCUT2D eigenvalue weighted by molar-refractivity contribution is -0.128. The number of rotatable bonds is 4. The largest absolute Gasteiger partial charge is 0.490 e. The van der Waals surface area contributed by atoms with E-state index in [0.717, 1.165) is 38.2 Å². The summed E-state index contributed by atoms with van der Waals surface area (Å²) in [5, 5.41) is 2.11. The van der Waals surface area contributed by atoms with Gasteiger partial charge in [0.2, 0.25) is 11.8 Å². The first kappa shape index (κ1) is 19.9. The summed E-state index contributed by atoms with van der Waals surface area (Å²) in [6.45, 7) is 5.62. The number of imide groups is 1. The highest BCUT2D eigenvalue weighted by Crippen LogP contribution is 2.35. The molecule has 0 aromatic heterocycles. The smallest absolute Gasteiger partial charge is 0.250 e. The van der Waals surface area contributed by atoms with Gasteiger partial charge >= 0.3 is 0 Å². The molecule has 3 rings (SSSR count). The van der Waals surface area contributed by atoms with E-state index in [0.29, 0.717) is 18.8 Å². The second kappa shape index (κ2) is 9.36. The van der Waals surface area contributed by atoms with Gasteiger partial charge in [-0.3, -0.25) is 14.9 Å². The Bertz CT molecular complexity index is 661. The molecule has 1 unspecified atom stereocenters. The number of hydrogen-bond acceptors (Lipinski definition) is 5. The van der Waals surface area contributed by atoms with E-state index in [1.54, 1.807) is 13.0 Å². The van der Waals surface area contributed by atoms with Crippen molar-refractivity contribution < 1.29 is 19.1 Å². The molecule has 26 heavy (non-hydrogen) atoms. The van der Waals surface area contributed by atoms with Gasteiger partial charge < -0.3 is 14.4 Å². The van der Waals surface area contributed by atoms with Crippen LogP contribution in [0.5, 0.6) is 0 Å². The van der Waals surface area contributed by atoms with Crippen molar-refractivity contribution in [3.8, 4) is 0 Å². The maximum Gasteiger partial charge on any atom is 0.250 e. The molecule has 0 radical (unpaired) electrons. The van der Waals surface area contributed by atoms with Gasteiger partial charge in [0.25, 0.3) is 0 Å². The number of Topliss-reactive ketones (excluding diaryl/α,β-unsaturated/α-hetero) is 1. The SMILES string of the molecule is CC(=O)CCC(C)C1=C2OCCN(C)C2=CCC1.O=C1C=CCC(=O)N1. The van der Waals surface area contributed by atoms with E-state index >= 15 is 0 Å². The van der Waals surface area contributed by atoms with Crippen molar-refractivity contribution in [2.45, 2.75) is 46.0 Å². The number of ether oxygens (including phenoxy) is 1. The van der Waals surface area contributed by atoms with E-state index in [1.807, 2.05) is 0 Å². The molecule has 0 aromatic rings. The Morgan fingerprint density at radius 2 is 2.15 bits per heavy atom. The second-order valence-corrected chi connectivity index (χ2v) is 6.91. The maximum atomic E-state index is 11.1. The van der Waals surface area contributed by atoms with Crippen LogP contribution in [0.2, 0.25) is 0 Å². The fourth-order valence-corrected chi connectivity index (χ4v) is 3.20. The first-order valence-electron chi connectivity index (χ1n) is 9.15. The van der Waals surface area contributed by atoms with E-state index < -0.39 is 0 Å². The number of fused-ring (bicyclic) bond motifs is 1. The number of nitrogens with zero attached hydrogens (tertiary/aromatic N) is 1. The van der Waals surface area contributed by atoms with Crippen LogP contribution in [0.15, 0.2) is 35.3 Å². The molecule has 0 aromatic carbocycles. The van der Waals surface area contributed by atoms with Gasteiger partial charge in [-0.25, -0.2) is 0 Å². The van der Waals surface area contributed by atoms with Crippen LogP contribution in [-0.4, -0.2) is 42.7 Å². The quantitative estimate of drug-likeness (QED) is 0.780. The van der Waals surface area contributed by atoms with Gasteiger partial charge in [-0.05, 0) is 43.8 Å². The third-order valence-electron chi connectivity index (χ3n) is 4.72. The molecule has 6 nitrogen and oxygen atoms in total. The first-order valence-corrected chi connectivity index (χ1v) is 9.15. The molecule has 3 aliphatic rings. The van der Waals surface area contributed by atoms with E-state index in [4.69, 9.17) is 4.74 Å². The predicted molar refractivity (Wildman–Crippen MR) is 98.9 cm³/mol. The topological polar surface area (TPSA) is 75.7 Å². The normalized spacial score (nSPS) is 20.3. The zero-order chi connectivity index (χ0) is 19.1. The first-order chi connectivity index (χ1) is 12.4. The Kier molecular flexibility index (Phi) is 7.18. The van der Waals surface area contributed by atoms with Gasteiger partial charge in [0.1, 0.15) is 18.1 Å². The zero-order valence-corrected chi connectivity index (χ0v) is 15.8. The fraction of sp³-hybridized carbons (Fsp3) is 0.550. The van der Waals surface area contributed by atoms with E-state index in [9.17, 15) is 14.4 Å². The highest BCUT2D eigenvalue weighted by molar-refractivity contribution is 6.03. The third-order valence-corrected chi connectivity index (χ3v) is 4.72. The van der Waals surface area contributed by atoms with Crippen molar-refractivity contribution in [2.75, 3.05) is 20.2 Å². The Morgan fingerprint density at radius 1 is 1.38 bits per heavy atom. The van der Waals surface area contributed by atoms with Gasteiger partial charge in [0, 0.05) is 19.9 Å². The van der Waals surface area contributed by atoms with Gasteiger partial charge in [0.05, 0.1) is 12.2 Å². The third kappa shape index (κ3) is 5.58. The van der Waals surface area contributed by atoms with E-state index in [1.165, 1.54) is 17.3 Å². The minimum absolute atomic E-state index is 0.225. The van der Waals surface area contributed by atoms with Crippen LogP contribution in [0.25, 0.3) is 0 Å². The number of carbonyl (C=O) groups excluding carboxylic acids is 3. The fourth-order valence-electron chi connectivity index (χ4n) is 3.20. The number of carbonyl (C=O) groups is 3. The number of allylic oxidation sites excluding steroid dienone is 2.